The molecule has 0 atom stereocenters. The van der Waals surface area contributed by atoms with Crippen molar-refractivity contribution in [1.29, 1.82) is 0 Å². The van der Waals surface area contributed by atoms with Crippen molar-refractivity contribution < 1.29 is 9.59 Å². The van der Waals surface area contributed by atoms with Crippen molar-refractivity contribution >= 4 is 11.6 Å². The number of nitrogens with one attached hydrogen (secondary N) is 2. The summed E-state index contributed by atoms with van der Waals surface area (Å²) in [7, 11) is 0. The molecule has 0 bridgehead atoms. The van der Waals surface area contributed by atoms with E-state index in [1.165, 1.54) is 0 Å². The minimum Gasteiger partial charge on any atom is -0.309 e. The summed E-state index contributed by atoms with van der Waals surface area (Å²) >= 11 is 0. The second-order valence-electron chi connectivity index (χ2n) is 8.44. The van der Waals surface area contributed by atoms with E-state index in [9.17, 15) is 9.59 Å². The van der Waals surface area contributed by atoms with E-state index in [2.05, 4.69) is 48.3 Å². The fourth-order valence-corrected chi connectivity index (χ4v) is 2.63. The summed E-state index contributed by atoms with van der Waals surface area (Å²) in [6.07, 6.45) is 3.94. The van der Waals surface area contributed by atoms with E-state index < -0.39 is 0 Å². The highest BCUT2D eigenvalue weighted by atomic mass is 16.1. The molecule has 0 fully saturated rings. The Morgan fingerprint density at radius 3 is 1.68 bits per heavy atom. The highest BCUT2D eigenvalue weighted by Crippen LogP contribution is 2.09. The molecule has 0 radical (unpaired) electrons. The van der Waals surface area contributed by atoms with Crippen molar-refractivity contribution in [3.05, 3.63) is 59.2 Å². The standard InChI is InChI=1S/C13H20N2O.C12H18N2O/c1-9(2)13(16)11-5-6-14-12(7-11)8-15-10(3)4;1-4-12(15)10-5-6-13-11(7-10)8-14-9(2)3/h5-7,9-10,15H,8H2,1-4H3;5-7,9,14H,4,8H2,1-3H3. The summed E-state index contributed by atoms with van der Waals surface area (Å²) in [5.41, 5.74) is 3.35. The number of carbonyl (C=O) groups is 2. The lowest BCUT2D eigenvalue weighted by Crippen LogP contribution is -2.22. The molecule has 0 amide bonds. The average Bonchev–Trinajstić information content (AvgIpc) is 2.76. The third-order valence-corrected chi connectivity index (χ3v) is 4.47. The minimum atomic E-state index is 0.0355. The number of Topliss-reactive ketones (excluding diaryl/α,β-unsaturated/α-hetero) is 2. The van der Waals surface area contributed by atoms with E-state index in [0.717, 1.165) is 22.5 Å². The molecule has 2 aromatic rings. The number of pyridine rings is 2. The summed E-state index contributed by atoms with van der Waals surface area (Å²) in [4.78, 5) is 31.7. The smallest absolute Gasteiger partial charge is 0.165 e. The molecule has 0 unspecified atom stereocenters. The molecule has 170 valence electrons. The first-order valence-corrected chi connectivity index (χ1v) is 11.1. The van der Waals surface area contributed by atoms with E-state index >= 15 is 0 Å². The lowest BCUT2D eigenvalue weighted by molar-refractivity contribution is 0.0938. The lowest BCUT2D eigenvalue weighted by atomic mass is 10.0. The maximum absolute atomic E-state index is 11.8. The summed E-state index contributed by atoms with van der Waals surface area (Å²) in [5.74, 6) is 0.379. The summed E-state index contributed by atoms with van der Waals surface area (Å²) in [6.45, 7) is 15.5. The zero-order valence-electron chi connectivity index (χ0n) is 20.0. The van der Waals surface area contributed by atoms with Gasteiger partial charge in [-0.25, -0.2) is 0 Å². The van der Waals surface area contributed by atoms with E-state index in [0.29, 0.717) is 31.6 Å². The maximum atomic E-state index is 11.8. The molecule has 31 heavy (non-hydrogen) atoms. The van der Waals surface area contributed by atoms with Crippen LogP contribution in [0.5, 0.6) is 0 Å². The Kier molecular flexibility index (Phi) is 11.8. The van der Waals surface area contributed by atoms with Crippen molar-refractivity contribution in [3.63, 3.8) is 0 Å². The van der Waals surface area contributed by atoms with Crippen LogP contribution in [0.1, 0.15) is 87.0 Å². The number of carbonyl (C=O) groups excluding carboxylic acids is 2. The summed E-state index contributed by atoms with van der Waals surface area (Å²) < 4.78 is 0. The molecular formula is C25H38N4O2. The Labute approximate surface area is 187 Å². The van der Waals surface area contributed by atoms with Crippen molar-refractivity contribution in [2.75, 3.05) is 0 Å². The first kappa shape index (κ1) is 26.6. The van der Waals surface area contributed by atoms with Crippen LogP contribution in [0.25, 0.3) is 0 Å². The zero-order chi connectivity index (χ0) is 23.4. The molecule has 6 nitrogen and oxygen atoms in total. The van der Waals surface area contributed by atoms with Crippen LogP contribution < -0.4 is 10.6 Å². The van der Waals surface area contributed by atoms with E-state index in [1.807, 2.05) is 32.9 Å². The second-order valence-corrected chi connectivity index (χ2v) is 8.44. The van der Waals surface area contributed by atoms with Crippen LogP contribution in [0, 0.1) is 5.92 Å². The van der Waals surface area contributed by atoms with Gasteiger partial charge >= 0.3 is 0 Å². The van der Waals surface area contributed by atoms with Gasteiger partial charge in [0.1, 0.15) is 0 Å². The fraction of sp³-hybridized carbons (Fsp3) is 0.520. The van der Waals surface area contributed by atoms with Crippen molar-refractivity contribution in [3.8, 4) is 0 Å². The maximum Gasteiger partial charge on any atom is 0.165 e. The van der Waals surface area contributed by atoms with Gasteiger partial charge in [0.25, 0.3) is 0 Å². The molecule has 0 spiro atoms. The molecular weight excluding hydrogens is 388 g/mol. The monoisotopic (exact) mass is 426 g/mol. The molecule has 6 heteroatoms. The van der Waals surface area contributed by atoms with Crippen molar-refractivity contribution in [2.45, 2.75) is 80.1 Å². The van der Waals surface area contributed by atoms with Gasteiger partial charge in [-0.3, -0.25) is 19.6 Å². The van der Waals surface area contributed by atoms with Gasteiger partial charge in [-0.15, -0.1) is 0 Å². The van der Waals surface area contributed by atoms with Gasteiger partial charge < -0.3 is 10.6 Å². The Balaban J connectivity index is 0.000000311. The highest BCUT2D eigenvalue weighted by molar-refractivity contribution is 5.97. The van der Waals surface area contributed by atoms with Crippen LogP contribution in [0.4, 0.5) is 0 Å². The molecule has 2 aromatic heterocycles. The largest absolute Gasteiger partial charge is 0.309 e. The number of hydrogen-bond donors (Lipinski definition) is 2. The Hall–Kier alpha value is -2.44. The summed E-state index contributed by atoms with van der Waals surface area (Å²) in [6, 6.07) is 8.13. The Morgan fingerprint density at radius 1 is 0.806 bits per heavy atom. The molecule has 0 aliphatic carbocycles. The highest BCUT2D eigenvalue weighted by Gasteiger charge is 2.11. The molecule has 0 aromatic carbocycles. The lowest BCUT2D eigenvalue weighted by Gasteiger charge is -2.09. The summed E-state index contributed by atoms with van der Waals surface area (Å²) in [5, 5.41) is 6.56. The molecule has 2 N–H and O–H groups in total. The molecule has 0 saturated heterocycles. The SMILES string of the molecule is CC(C)NCc1cc(C(=O)C(C)C)ccn1.CCC(=O)c1ccnc(CNC(C)C)c1. The van der Waals surface area contributed by atoms with Crippen LogP contribution >= 0.6 is 0 Å². The number of aromatic nitrogens is 2. The fourth-order valence-electron chi connectivity index (χ4n) is 2.63. The van der Waals surface area contributed by atoms with Gasteiger partial charge in [0.05, 0.1) is 11.4 Å². The van der Waals surface area contributed by atoms with E-state index in [-0.39, 0.29) is 17.5 Å². The van der Waals surface area contributed by atoms with Gasteiger partial charge in [0.2, 0.25) is 0 Å². The van der Waals surface area contributed by atoms with Crippen molar-refractivity contribution in [2.24, 2.45) is 5.92 Å². The van der Waals surface area contributed by atoms with Gasteiger partial charge in [-0.05, 0) is 24.3 Å². The predicted molar refractivity (Wildman–Crippen MR) is 126 cm³/mol. The number of hydrogen-bond acceptors (Lipinski definition) is 6. The molecule has 2 heterocycles. The zero-order valence-corrected chi connectivity index (χ0v) is 20.0. The van der Waals surface area contributed by atoms with Gasteiger partial charge in [0.15, 0.2) is 11.6 Å². The van der Waals surface area contributed by atoms with Crippen molar-refractivity contribution in [1.82, 2.24) is 20.6 Å². The Morgan fingerprint density at radius 2 is 1.26 bits per heavy atom. The topological polar surface area (TPSA) is 84.0 Å². The van der Waals surface area contributed by atoms with Crippen LogP contribution in [0.3, 0.4) is 0 Å². The predicted octanol–water partition coefficient (Wildman–Crippen LogP) is 4.59. The first-order valence-electron chi connectivity index (χ1n) is 11.1. The van der Waals surface area contributed by atoms with Crippen LogP contribution in [0.2, 0.25) is 0 Å². The quantitative estimate of drug-likeness (QED) is 0.541. The van der Waals surface area contributed by atoms with Crippen LogP contribution in [-0.4, -0.2) is 33.6 Å². The van der Waals surface area contributed by atoms with E-state index in [4.69, 9.17) is 0 Å². The molecule has 0 saturated carbocycles. The molecule has 0 aliphatic heterocycles. The Bertz CT molecular complexity index is 832. The van der Waals surface area contributed by atoms with Gasteiger partial charge in [-0.2, -0.15) is 0 Å². The first-order chi connectivity index (χ1) is 14.6. The van der Waals surface area contributed by atoms with Crippen LogP contribution in [0.15, 0.2) is 36.7 Å². The second kappa shape index (κ2) is 13.8. The molecule has 2 rings (SSSR count). The average molecular weight is 427 g/mol. The third kappa shape index (κ3) is 10.4. The van der Waals surface area contributed by atoms with Gasteiger partial charge in [-0.1, -0.05) is 48.5 Å². The number of nitrogens with zero attached hydrogens (tertiary/aromatic N) is 2. The normalized spacial score (nSPS) is 10.9. The molecule has 0 aliphatic rings. The van der Waals surface area contributed by atoms with Crippen LogP contribution in [-0.2, 0) is 13.1 Å². The minimum absolute atomic E-state index is 0.0355. The van der Waals surface area contributed by atoms with E-state index in [1.54, 1.807) is 24.5 Å². The van der Waals surface area contributed by atoms with Gasteiger partial charge in [0, 0.05) is 61.0 Å². The number of ketones is 2. The number of rotatable bonds is 10. The third-order valence-electron chi connectivity index (χ3n) is 4.47.